The number of hydrogen-bond donors (Lipinski definition) is 0. The molecule has 22 heavy (non-hydrogen) atoms. The van der Waals surface area contributed by atoms with Crippen molar-refractivity contribution in [3.63, 3.8) is 0 Å². The maximum absolute atomic E-state index is 5.29. The fraction of sp³-hybridized carbons (Fsp3) is 0.600. The molecule has 1 nitrogen and oxygen atoms in total. The third-order valence-corrected chi connectivity index (χ3v) is 4.41. The van der Waals surface area contributed by atoms with E-state index in [1.165, 1.54) is 51.4 Å². The minimum absolute atomic E-state index is 0.511. The summed E-state index contributed by atoms with van der Waals surface area (Å²) in [6.45, 7) is 0. The summed E-state index contributed by atoms with van der Waals surface area (Å²) in [6.07, 6.45) is 20.0. The van der Waals surface area contributed by atoms with Crippen LogP contribution in [0.3, 0.4) is 0 Å². The quantitative estimate of drug-likeness (QED) is 0.262. The molecule has 0 aliphatic carbocycles. The third-order valence-electron chi connectivity index (χ3n) is 3.63. The Balaban J connectivity index is 1.82. The van der Waals surface area contributed by atoms with Gasteiger partial charge in [-0.2, -0.15) is 0 Å². The molecular weight excluding hydrogens is 336 g/mol. The van der Waals surface area contributed by atoms with E-state index < -0.39 is 0 Å². The molecule has 2 heteroatoms. The Morgan fingerprint density at radius 2 is 1.77 bits per heavy atom. The third kappa shape index (κ3) is 10.6. The molecule has 1 aromatic heterocycles. The van der Waals surface area contributed by atoms with Gasteiger partial charge in [0.25, 0.3) is 0 Å². The molecule has 1 unspecified atom stereocenters. The first-order chi connectivity index (χ1) is 10.8. The SMILES string of the molecule is C#CCC(Br)CCCCCCCCCC#CCc1ccco1. The zero-order chi connectivity index (χ0) is 15.9. The predicted octanol–water partition coefficient (Wildman–Crippen LogP) is 6.12. The van der Waals surface area contributed by atoms with Crippen molar-refractivity contribution in [2.75, 3.05) is 0 Å². The zero-order valence-electron chi connectivity index (χ0n) is 13.5. The molecule has 0 fully saturated rings. The van der Waals surface area contributed by atoms with Crippen molar-refractivity contribution in [2.24, 2.45) is 0 Å². The largest absolute Gasteiger partial charge is 0.468 e. The molecular formula is C20H27BrO. The van der Waals surface area contributed by atoms with E-state index in [-0.39, 0.29) is 0 Å². The smallest absolute Gasteiger partial charge is 0.115 e. The van der Waals surface area contributed by atoms with E-state index in [9.17, 15) is 0 Å². The Bertz CT molecular complexity index is 458. The van der Waals surface area contributed by atoms with E-state index in [0.29, 0.717) is 4.83 Å². The molecule has 0 saturated heterocycles. The van der Waals surface area contributed by atoms with Gasteiger partial charge >= 0.3 is 0 Å². The number of alkyl halides is 1. The molecule has 0 aliphatic rings. The van der Waals surface area contributed by atoms with Crippen molar-refractivity contribution in [1.29, 1.82) is 0 Å². The van der Waals surface area contributed by atoms with Crippen LogP contribution in [0.2, 0.25) is 0 Å². The summed E-state index contributed by atoms with van der Waals surface area (Å²) in [5.74, 6) is 10.1. The molecule has 0 saturated carbocycles. The Morgan fingerprint density at radius 3 is 2.45 bits per heavy atom. The number of rotatable bonds is 11. The minimum Gasteiger partial charge on any atom is -0.468 e. The number of hydrogen-bond acceptors (Lipinski definition) is 1. The highest BCUT2D eigenvalue weighted by Gasteiger charge is 2.01. The van der Waals surface area contributed by atoms with E-state index in [2.05, 4.69) is 33.7 Å². The fourth-order valence-corrected chi connectivity index (χ4v) is 2.85. The summed E-state index contributed by atoms with van der Waals surface area (Å²) in [5, 5.41) is 0. The Hall–Kier alpha value is -1.12. The molecule has 1 aromatic rings. The second-order valence-electron chi connectivity index (χ2n) is 5.63. The molecule has 0 aliphatic heterocycles. The van der Waals surface area contributed by atoms with Crippen molar-refractivity contribution in [3.05, 3.63) is 24.2 Å². The lowest BCUT2D eigenvalue weighted by atomic mass is 10.1. The average molecular weight is 363 g/mol. The van der Waals surface area contributed by atoms with Gasteiger partial charge in [-0.15, -0.1) is 18.3 Å². The highest BCUT2D eigenvalue weighted by molar-refractivity contribution is 9.09. The maximum atomic E-state index is 5.29. The fourth-order valence-electron chi connectivity index (χ4n) is 2.34. The minimum atomic E-state index is 0.511. The summed E-state index contributed by atoms with van der Waals surface area (Å²) >= 11 is 3.61. The topological polar surface area (TPSA) is 13.1 Å². The van der Waals surface area contributed by atoms with Crippen LogP contribution < -0.4 is 0 Å². The van der Waals surface area contributed by atoms with Crippen molar-refractivity contribution in [3.8, 4) is 24.2 Å². The first kappa shape index (κ1) is 18.9. The van der Waals surface area contributed by atoms with Crippen LogP contribution in [0.25, 0.3) is 0 Å². The van der Waals surface area contributed by atoms with E-state index in [1.807, 2.05) is 12.1 Å². The second kappa shape index (κ2) is 13.5. The van der Waals surface area contributed by atoms with Gasteiger partial charge in [-0.3, -0.25) is 0 Å². The number of halogens is 1. The van der Waals surface area contributed by atoms with Gasteiger partial charge < -0.3 is 4.42 Å². The van der Waals surface area contributed by atoms with Gasteiger partial charge in [-0.25, -0.2) is 0 Å². The molecule has 0 radical (unpaired) electrons. The van der Waals surface area contributed by atoms with E-state index in [0.717, 1.165) is 25.0 Å². The molecule has 1 rings (SSSR count). The Kier molecular flexibility index (Phi) is 11.6. The van der Waals surface area contributed by atoms with Crippen LogP contribution in [0.1, 0.15) is 70.0 Å². The van der Waals surface area contributed by atoms with E-state index in [4.69, 9.17) is 10.8 Å². The molecule has 0 amide bonds. The first-order valence-electron chi connectivity index (χ1n) is 8.38. The number of furan rings is 1. The molecule has 0 N–H and O–H groups in total. The second-order valence-corrected chi connectivity index (χ2v) is 6.92. The van der Waals surface area contributed by atoms with Gasteiger partial charge in [0, 0.05) is 17.7 Å². The van der Waals surface area contributed by atoms with E-state index in [1.54, 1.807) is 6.26 Å². The van der Waals surface area contributed by atoms with E-state index >= 15 is 0 Å². The van der Waals surface area contributed by atoms with Crippen LogP contribution in [-0.4, -0.2) is 4.83 Å². The van der Waals surface area contributed by atoms with Crippen molar-refractivity contribution in [1.82, 2.24) is 0 Å². The average Bonchev–Trinajstić information content (AvgIpc) is 3.02. The standard InChI is InChI=1S/C20H27BrO/c1-2-14-19(21)15-11-9-7-5-3-4-6-8-10-12-16-20-17-13-18-22-20/h1,13,17-19H,3-9,11,14-16H2. The lowest BCUT2D eigenvalue weighted by molar-refractivity contribution is 0.525. The Labute approximate surface area is 144 Å². The normalized spacial score (nSPS) is 11.5. The van der Waals surface area contributed by atoms with Crippen LogP contribution in [0.15, 0.2) is 22.8 Å². The lowest BCUT2D eigenvalue weighted by Gasteiger charge is -2.05. The van der Waals surface area contributed by atoms with Crippen LogP contribution in [0.4, 0.5) is 0 Å². The lowest BCUT2D eigenvalue weighted by Crippen LogP contribution is -1.95. The molecule has 1 heterocycles. The van der Waals surface area contributed by atoms with Crippen LogP contribution in [0.5, 0.6) is 0 Å². The molecule has 0 aromatic carbocycles. The van der Waals surface area contributed by atoms with Crippen LogP contribution >= 0.6 is 15.9 Å². The van der Waals surface area contributed by atoms with Gasteiger partial charge in [0.1, 0.15) is 5.76 Å². The highest BCUT2D eigenvalue weighted by atomic mass is 79.9. The van der Waals surface area contributed by atoms with Gasteiger partial charge in [-0.1, -0.05) is 60.4 Å². The number of unbranched alkanes of at least 4 members (excludes halogenated alkanes) is 7. The molecule has 0 bridgehead atoms. The number of terminal acetylenes is 1. The summed E-state index contributed by atoms with van der Waals surface area (Å²) in [5.41, 5.74) is 0. The van der Waals surface area contributed by atoms with Crippen molar-refractivity contribution in [2.45, 2.75) is 75.5 Å². The highest BCUT2D eigenvalue weighted by Crippen LogP contribution is 2.15. The van der Waals surface area contributed by atoms with Crippen LogP contribution in [-0.2, 0) is 6.42 Å². The molecule has 120 valence electrons. The van der Waals surface area contributed by atoms with Gasteiger partial charge in [0.05, 0.1) is 12.7 Å². The Morgan fingerprint density at radius 1 is 1.05 bits per heavy atom. The zero-order valence-corrected chi connectivity index (χ0v) is 15.0. The summed E-state index contributed by atoms with van der Waals surface area (Å²) in [4.78, 5) is 0.511. The van der Waals surface area contributed by atoms with Gasteiger partial charge in [-0.05, 0) is 25.0 Å². The van der Waals surface area contributed by atoms with Crippen LogP contribution in [0, 0.1) is 24.2 Å². The predicted molar refractivity (Wildman–Crippen MR) is 97.9 cm³/mol. The first-order valence-corrected chi connectivity index (χ1v) is 9.30. The summed E-state index contributed by atoms with van der Waals surface area (Å²) < 4.78 is 5.24. The molecule has 0 spiro atoms. The maximum Gasteiger partial charge on any atom is 0.115 e. The van der Waals surface area contributed by atoms with Crippen molar-refractivity contribution >= 4 is 15.9 Å². The van der Waals surface area contributed by atoms with Gasteiger partial charge in [0.15, 0.2) is 0 Å². The van der Waals surface area contributed by atoms with Gasteiger partial charge in [0.2, 0.25) is 0 Å². The molecule has 1 atom stereocenters. The summed E-state index contributed by atoms with van der Waals surface area (Å²) in [6, 6.07) is 3.88. The van der Waals surface area contributed by atoms with Crippen molar-refractivity contribution < 1.29 is 4.42 Å². The monoisotopic (exact) mass is 362 g/mol. The summed E-state index contributed by atoms with van der Waals surface area (Å²) in [7, 11) is 0.